The van der Waals surface area contributed by atoms with Gasteiger partial charge in [-0.15, -0.1) is 0 Å². The topological polar surface area (TPSA) is 53.7 Å². The molecule has 3 atom stereocenters. The van der Waals surface area contributed by atoms with Gasteiger partial charge < -0.3 is 14.4 Å². The molecule has 1 aliphatic heterocycles. The van der Waals surface area contributed by atoms with E-state index in [2.05, 4.69) is 0 Å². The highest BCUT2D eigenvalue weighted by Crippen LogP contribution is 2.51. The molecule has 0 bridgehead atoms. The van der Waals surface area contributed by atoms with Gasteiger partial charge in [-0.3, -0.25) is 4.79 Å². The molecule has 6 heteroatoms. The molecule has 22 heavy (non-hydrogen) atoms. The van der Waals surface area contributed by atoms with Crippen LogP contribution in [0.2, 0.25) is 10.0 Å². The molecule has 2 aromatic rings. The summed E-state index contributed by atoms with van der Waals surface area (Å²) in [6, 6.07) is 3.55. The van der Waals surface area contributed by atoms with Crippen molar-refractivity contribution in [1.29, 1.82) is 0 Å². The lowest BCUT2D eigenvalue weighted by atomic mass is 10.1. The number of furan rings is 1. The van der Waals surface area contributed by atoms with Crippen LogP contribution >= 0.6 is 23.2 Å². The Morgan fingerprint density at radius 2 is 2.05 bits per heavy atom. The number of halogens is 2. The van der Waals surface area contributed by atoms with Crippen molar-refractivity contribution in [3.8, 4) is 0 Å². The molecule has 4 nitrogen and oxygen atoms in total. The van der Waals surface area contributed by atoms with Crippen molar-refractivity contribution in [1.82, 2.24) is 4.90 Å². The summed E-state index contributed by atoms with van der Waals surface area (Å²) in [7, 11) is 0. The molecule has 2 aliphatic rings. The average molecular weight is 340 g/mol. The number of fused-ring (bicyclic) bond motifs is 2. The highest BCUT2D eigenvalue weighted by Gasteiger charge is 2.55. The second-order valence-corrected chi connectivity index (χ2v) is 6.93. The summed E-state index contributed by atoms with van der Waals surface area (Å²) in [4.78, 5) is 14.3. The number of carbonyl (C=O) groups excluding carboxylic acids is 1. The minimum atomic E-state index is 0.0951. The van der Waals surface area contributed by atoms with Crippen LogP contribution in [0.25, 0.3) is 11.0 Å². The number of hydrogen-bond donors (Lipinski definition) is 1. The van der Waals surface area contributed by atoms with Crippen molar-refractivity contribution in [3.05, 3.63) is 34.0 Å². The number of aliphatic hydroxyl groups excluding tert-OH is 1. The third kappa shape index (κ3) is 2.13. The maximum Gasteiger partial charge on any atom is 0.227 e. The second kappa shape index (κ2) is 5.15. The van der Waals surface area contributed by atoms with E-state index in [1.54, 1.807) is 12.3 Å². The van der Waals surface area contributed by atoms with Crippen molar-refractivity contribution < 1.29 is 14.3 Å². The Morgan fingerprint density at radius 1 is 1.32 bits per heavy atom. The van der Waals surface area contributed by atoms with Gasteiger partial charge >= 0.3 is 0 Å². The van der Waals surface area contributed by atoms with Crippen LogP contribution in [0.1, 0.15) is 5.56 Å². The summed E-state index contributed by atoms with van der Waals surface area (Å²) in [5.41, 5.74) is 1.36. The fraction of sp³-hybridized carbons (Fsp3) is 0.438. The molecular formula is C16H15Cl2NO3. The monoisotopic (exact) mass is 339 g/mol. The number of hydrogen-bond acceptors (Lipinski definition) is 3. The Hall–Kier alpha value is -1.23. The molecule has 0 spiro atoms. The van der Waals surface area contributed by atoms with Gasteiger partial charge in [0.1, 0.15) is 5.02 Å². The van der Waals surface area contributed by atoms with E-state index in [0.717, 1.165) is 24.0 Å². The Balaban J connectivity index is 1.50. The molecule has 2 heterocycles. The lowest BCUT2D eigenvalue weighted by molar-refractivity contribution is -0.130. The Bertz CT molecular complexity index is 745. The zero-order valence-electron chi connectivity index (χ0n) is 11.8. The molecule has 0 radical (unpaired) electrons. The normalized spacial score (nSPS) is 26.5. The van der Waals surface area contributed by atoms with Gasteiger partial charge in [0.2, 0.25) is 5.91 Å². The van der Waals surface area contributed by atoms with Gasteiger partial charge in [0, 0.05) is 30.6 Å². The second-order valence-electron chi connectivity index (χ2n) is 6.15. The zero-order valence-corrected chi connectivity index (χ0v) is 13.3. The minimum Gasteiger partial charge on any atom is -0.462 e. The van der Waals surface area contributed by atoms with Crippen LogP contribution in [0.15, 0.2) is 22.8 Å². The van der Waals surface area contributed by atoms with Crippen molar-refractivity contribution in [2.24, 2.45) is 17.8 Å². The average Bonchev–Trinajstić information content (AvgIpc) is 2.87. The van der Waals surface area contributed by atoms with Crippen LogP contribution in [-0.4, -0.2) is 35.6 Å². The SMILES string of the molecule is O=C(Cc1coc2c(Cl)c(Cl)ccc12)N1C[C@@H]2C(CO)[C@@H]2C1. The van der Waals surface area contributed by atoms with Crippen molar-refractivity contribution >= 4 is 40.1 Å². The van der Waals surface area contributed by atoms with E-state index in [1.165, 1.54) is 0 Å². The van der Waals surface area contributed by atoms with Gasteiger partial charge in [-0.1, -0.05) is 23.2 Å². The number of rotatable bonds is 3. The quantitative estimate of drug-likeness (QED) is 0.935. The smallest absolute Gasteiger partial charge is 0.227 e. The molecule has 2 fully saturated rings. The molecule has 1 N–H and O–H groups in total. The number of carbonyl (C=O) groups is 1. The molecule has 1 aromatic carbocycles. The van der Waals surface area contributed by atoms with E-state index in [4.69, 9.17) is 27.6 Å². The number of aliphatic hydroxyl groups is 1. The Labute approximate surface area is 137 Å². The predicted molar refractivity (Wildman–Crippen MR) is 84.1 cm³/mol. The fourth-order valence-corrected chi connectivity index (χ4v) is 3.99. The molecule has 1 aromatic heterocycles. The molecule has 1 saturated heterocycles. The number of amides is 1. The Morgan fingerprint density at radius 3 is 2.73 bits per heavy atom. The summed E-state index contributed by atoms with van der Waals surface area (Å²) in [5.74, 6) is 1.48. The summed E-state index contributed by atoms with van der Waals surface area (Å²) in [6.45, 7) is 1.76. The lowest BCUT2D eigenvalue weighted by Crippen LogP contribution is -2.33. The summed E-state index contributed by atoms with van der Waals surface area (Å²) in [5, 5.41) is 10.8. The van der Waals surface area contributed by atoms with E-state index in [-0.39, 0.29) is 12.5 Å². The Kier molecular flexibility index (Phi) is 3.36. The van der Waals surface area contributed by atoms with Crippen LogP contribution in [0.3, 0.4) is 0 Å². The number of piperidine rings is 1. The fourth-order valence-electron chi connectivity index (χ4n) is 3.63. The van der Waals surface area contributed by atoms with Gasteiger partial charge in [0.05, 0.1) is 17.7 Å². The van der Waals surface area contributed by atoms with Gasteiger partial charge in [-0.2, -0.15) is 0 Å². The third-order valence-electron chi connectivity index (χ3n) is 4.99. The van der Waals surface area contributed by atoms with E-state index in [0.29, 0.717) is 39.8 Å². The molecule has 1 saturated carbocycles. The van der Waals surface area contributed by atoms with Gasteiger partial charge in [-0.05, 0) is 29.9 Å². The van der Waals surface area contributed by atoms with Crippen LogP contribution in [0.5, 0.6) is 0 Å². The number of benzene rings is 1. The maximum atomic E-state index is 12.4. The molecule has 1 aliphatic carbocycles. The van der Waals surface area contributed by atoms with E-state index >= 15 is 0 Å². The van der Waals surface area contributed by atoms with Crippen molar-refractivity contribution in [2.75, 3.05) is 19.7 Å². The predicted octanol–water partition coefficient (Wildman–Crippen LogP) is 2.98. The standard InChI is InChI=1S/C16H15Cl2NO3/c17-13-2-1-9-8(7-22-16(9)15(13)18)3-14(21)19-4-10-11(5-19)12(10)6-20/h1-2,7,10-12,20H,3-6H2/t10-,11+,12?. The summed E-state index contributed by atoms with van der Waals surface area (Å²) in [6.07, 6.45) is 1.88. The van der Waals surface area contributed by atoms with Gasteiger partial charge in [0.25, 0.3) is 0 Å². The molecule has 4 rings (SSSR count). The van der Waals surface area contributed by atoms with Crippen molar-refractivity contribution in [3.63, 3.8) is 0 Å². The molecule has 116 valence electrons. The first-order valence-corrected chi connectivity index (χ1v) is 8.08. The number of likely N-dealkylation sites (tertiary alicyclic amines) is 1. The van der Waals surface area contributed by atoms with Crippen molar-refractivity contribution in [2.45, 2.75) is 6.42 Å². The van der Waals surface area contributed by atoms with E-state index in [9.17, 15) is 9.90 Å². The number of nitrogens with zero attached hydrogens (tertiary/aromatic N) is 1. The van der Waals surface area contributed by atoms with Gasteiger partial charge in [0.15, 0.2) is 5.58 Å². The highest BCUT2D eigenvalue weighted by molar-refractivity contribution is 6.44. The molecular weight excluding hydrogens is 325 g/mol. The lowest BCUT2D eigenvalue weighted by Gasteiger charge is -2.19. The van der Waals surface area contributed by atoms with Crippen LogP contribution in [0.4, 0.5) is 0 Å². The first kappa shape index (κ1) is 14.4. The first-order valence-electron chi connectivity index (χ1n) is 7.33. The maximum absolute atomic E-state index is 12.4. The summed E-state index contributed by atoms with van der Waals surface area (Å²) < 4.78 is 5.47. The van der Waals surface area contributed by atoms with Gasteiger partial charge in [-0.25, -0.2) is 0 Å². The van der Waals surface area contributed by atoms with E-state index < -0.39 is 0 Å². The highest BCUT2D eigenvalue weighted by atomic mass is 35.5. The zero-order chi connectivity index (χ0) is 15.4. The minimum absolute atomic E-state index is 0.0951. The molecule has 1 amide bonds. The van der Waals surface area contributed by atoms with Crippen LogP contribution < -0.4 is 0 Å². The largest absolute Gasteiger partial charge is 0.462 e. The first-order chi connectivity index (χ1) is 10.6. The summed E-state index contributed by atoms with van der Waals surface area (Å²) >= 11 is 12.1. The third-order valence-corrected chi connectivity index (χ3v) is 5.78. The van der Waals surface area contributed by atoms with Crippen LogP contribution in [-0.2, 0) is 11.2 Å². The molecule has 1 unspecified atom stereocenters. The van der Waals surface area contributed by atoms with Crippen LogP contribution in [0, 0.1) is 17.8 Å². The van der Waals surface area contributed by atoms with E-state index in [1.807, 2.05) is 11.0 Å².